The van der Waals surface area contributed by atoms with Crippen molar-refractivity contribution in [2.75, 3.05) is 13.2 Å². The predicted octanol–water partition coefficient (Wildman–Crippen LogP) is 5.06. The molecule has 0 aliphatic rings. The number of nitrogens with one attached hydrogen (secondary N) is 1. The van der Waals surface area contributed by atoms with Gasteiger partial charge in [0.05, 0.1) is 24.5 Å². The van der Waals surface area contributed by atoms with E-state index in [1.807, 2.05) is 38.1 Å². The Balaban J connectivity index is 1.83. The van der Waals surface area contributed by atoms with Gasteiger partial charge >= 0.3 is 0 Å². The van der Waals surface area contributed by atoms with Gasteiger partial charge in [0.2, 0.25) is 4.77 Å². The fourth-order valence-corrected chi connectivity index (χ4v) is 3.31. The zero-order valence-electron chi connectivity index (χ0n) is 16.4. The predicted molar refractivity (Wildman–Crippen MR) is 118 cm³/mol. The van der Waals surface area contributed by atoms with Crippen molar-refractivity contribution in [3.8, 4) is 11.5 Å². The summed E-state index contributed by atoms with van der Waals surface area (Å²) < 4.78 is 13.3. The Bertz CT molecular complexity index is 1030. The highest BCUT2D eigenvalue weighted by Crippen LogP contribution is 2.36. The van der Waals surface area contributed by atoms with Gasteiger partial charge in [-0.3, -0.25) is 5.10 Å². The quantitative estimate of drug-likeness (QED) is 0.380. The van der Waals surface area contributed by atoms with Crippen LogP contribution in [0.2, 0.25) is 5.02 Å². The lowest BCUT2D eigenvalue weighted by Crippen LogP contribution is -2.02. The van der Waals surface area contributed by atoms with Crippen LogP contribution in [-0.4, -0.2) is 34.3 Å². The molecule has 0 spiro atoms. The Kier molecular flexibility index (Phi) is 7.43. The first kappa shape index (κ1) is 21.1. The first-order chi connectivity index (χ1) is 14.1. The summed E-state index contributed by atoms with van der Waals surface area (Å²) in [4.78, 5) is 0. The van der Waals surface area contributed by atoms with Gasteiger partial charge < -0.3 is 9.47 Å². The minimum Gasteiger partial charge on any atom is -0.490 e. The van der Waals surface area contributed by atoms with Gasteiger partial charge in [-0.1, -0.05) is 41.9 Å². The standard InChI is InChI=1S/C21H23ClN4O2S/c1-3-27-18-13-16(12-17(22)20(18)28-4-2)14-23-26-19(24-25-21(26)29)11-10-15-8-6-5-7-9-15/h5-9,12-14H,3-4,10-11H2,1-2H3,(H,25,29)/b23-14-. The minimum atomic E-state index is 0.436. The van der Waals surface area contributed by atoms with Crippen LogP contribution in [0.3, 0.4) is 0 Å². The van der Waals surface area contributed by atoms with Gasteiger partial charge in [0.15, 0.2) is 17.3 Å². The third-order valence-electron chi connectivity index (χ3n) is 4.14. The van der Waals surface area contributed by atoms with Crippen LogP contribution in [0, 0.1) is 4.77 Å². The normalized spacial score (nSPS) is 11.1. The summed E-state index contributed by atoms with van der Waals surface area (Å²) in [6, 6.07) is 13.9. The minimum absolute atomic E-state index is 0.436. The number of H-pyrrole nitrogens is 1. The van der Waals surface area contributed by atoms with E-state index >= 15 is 0 Å². The number of nitrogens with zero attached hydrogens (tertiary/aromatic N) is 3. The van der Waals surface area contributed by atoms with Crippen molar-refractivity contribution < 1.29 is 9.47 Å². The van der Waals surface area contributed by atoms with Gasteiger partial charge in [0.25, 0.3) is 0 Å². The largest absolute Gasteiger partial charge is 0.490 e. The van der Waals surface area contributed by atoms with E-state index < -0.39 is 0 Å². The zero-order chi connectivity index (χ0) is 20.6. The molecule has 0 amide bonds. The van der Waals surface area contributed by atoms with Gasteiger partial charge in [-0.05, 0) is 55.7 Å². The molecule has 8 heteroatoms. The van der Waals surface area contributed by atoms with E-state index in [-0.39, 0.29) is 0 Å². The summed E-state index contributed by atoms with van der Waals surface area (Å²) in [5, 5.41) is 12.1. The van der Waals surface area contributed by atoms with E-state index in [0.29, 0.717) is 40.9 Å². The van der Waals surface area contributed by atoms with Crippen LogP contribution in [0.25, 0.3) is 0 Å². The highest BCUT2D eigenvalue weighted by molar-refractivity contribution is 7.71. The molecule has 0 atom stereocenters. The summed E-state index contributed by atoms with van der Waals surface area (Å²) in [6.07, 6.45) is 3.24. The molecule has 29 heavy (non-hydrogen) atoms. The molecule has 1 N–H and O–H groups in total. The van der Waals surface area contributed by atoms with Crippen molar-refractivity contribution in [3.63, 3.8) is 0 Å². The Morgan fingerprint density at radius 1 is 1.14 bits per heavy atom. The van der Waals surface area contributed by atoms with Crippen LogP contribution >= 0.6 is 23.8 Å². The number of rotatable bonds is 9. The summed E-state index contributed by atoms with van der Waals surface area (Å²) >= 11 is 11.7. The van der Waals surface area contributed by atoms with Crippen LogP contribution in [0.5, 0.6) is 11.5 Å². The molecule has 0 saturated heterocycles. The molecule has 152 valence electrons. The molecule has 0 saturated carbocycles. The van der Waals surface area contributed by atoms with Crippen molar-refractivity contribution in [3.05, 3.63) is 69.2 Å². The van der Waals surface area contributed by atoms with Gasteiger partial charge in [-0.25, -0.2) is 0 Å². The third-order valence-corrected chi connectivity index (χ3v) is 4.69. The van der Waals surface area contributed by atoms with Crippen LogP contribution < -0.4 is 9.47 Å². The van der Waals surface area contributed by atoms with Gasteiger partial charge in [0, 0.05) is 6.42 Å². The average molecular weight is 431 g/mol. The van der Waals surface area contributed by atoms with Gasteiger partial charge in [0.1, 0.15) is 0 Å². The molecule has 1 aromatic heterocycles. The van der Waals surface area contributed by atoms with Crippen LogP contribution in [0.4, 0.5) is 0 Å². The van der Waals surface area contributed by atoms with Crippen molar-refractivity contribution in [2.24, 2.45) is 5.10 Å². The molecular formula is C21H23ClN4O2S. The van der Waals surface area contributed by atoms with Crippen molar-refractivity contribution >= 4 is 30.0 Å². The Morgan fingerprint density at radius 3 is 2.62 bits per heavy atom. The van der Waals surface area contributed by atoms with E-state index in [1.54, 1.807) is 17.0 Å². The number of benzene rings is 2. The molecule has 0 aliphatic carbocycles. The van der Waals surface area contributed by atoms with E-state index in [1.165, 1.54) is 5.56 Å². The number of aromatic nitrogens is 3. The van der Waals surface area contributed by atoms with Crippen LogP contribution in [0.1, 0.15) is 30.8 Å². The number of ether oxygens (including phenoxy) is 2. The second-order valence-electron chi connectivity index (χ2n) is 6.18. The second kappa shape index (κ2) is 10.2. The van der Waals surface area contributed by atoms with Gasteiger partial charge in [-0.15, -0.1) is 0 Å². The summed E-state index contributed by atoms with van der Waals surface area (Å²) in [5.41, 5.74) is 2.01. The van der Waals surface area contributed by atoms with Crippen molar-refractivity contribution in [1.82, 2.24) is 14.9 Å². The molecule has 3 aromatic rings. The number of aryl methyl sites for hydroxylation is 2. The first-order valence-corrected chi connectivity index (χ1v) is 10.2. The molecule has 2 aromatic carbocycles. The maximum absolute atomic E-state index is 6.38. The molecule has 6 nitrogen and oxygen atoms in total. The highest BCUT2D eigenvalue weighted by Gasteiger charge is 2.12. The Hall–Kier alpha value is -2.64. The monoisotopic (exact) mass is 430 g/mol. The van der Waals surface area contributed by atoms with Gasteiger partial charge in [-0.2, -0.15) is 14.9 Å². The summed E-state index contributed by atoms with van der Waals surface area (Å²) in [7, 11) is 0. The van der Waals surface area contributed by atoms with Crippen molar-refractivity contribution in [2.45, 2.75) is 26.7 Å². The van der Waals surface area contributed by atoms with Crippen LogP contribution in [0.15, 0.2) is 47.6 Å². The molecule has 0 aliphatic heterocycles. The highest BCUT2D eigenvalue weighted by atomic mass is 35.5. The maximum atomic E-state index is 6.38. The Labute approximate surface area is 180 Å². The molecular weight excluding hydrogens is 408 g/mol. The lowest BCUT2D eigenvalue weighted by molar-refractivity contribution is 0.288. The van der Waals surface area contributed by atoms with E-state index in [4.69, 9.17) is 33.3 Å². The summed E-state index contributed by atoms with van der Waals surface area (Å²) in [5.74, 6) is 1.89. The Morgan fingerprint density at radius 2 is 1.90 bits per heavy atom. The second-order valence-corrected chi connectivity index (χ2v) is 6.98. The smallest absolute Gasteiger partial charge is 0.216 e. The average Bonchev–Trinajstić information content (AvgIpc) is 3.08. The molecule has 3 rings (SSSR count). The molecule has 0 radical (unpaired) electrons. The summed E-state index contributed by atoms with van der Waals surface area (Å²) in [6.45, 7) is 4.82. The molecule has 1 heterocycles. The maximum Gasteiger partial charge on any atom is 0.216 e. The number of hydrogen-bond donors (Lipinski definition) is 1. The fourth-order valence-electron chi connectivity index (χ4n) is 2.84. The lowest BCUT2D eigenvalue weighted by Gasteiger charge is -2.13. The third kappa shape index (κ3) is 5.46. The number of halogens is 1. The fraction of sp³-hybridized carbons (Fsp3) is 0.286. The number of aromatic amines is 1. The van der Waals surface area contributed by atoms with Crippen LogP contribution in [-0.2, 0) is 12.8 Å². The van der Waals surface area contributed by atoms with Crippen molar-refractivity contribution in [1.29, 1.82) is 0 Å². The van der Waals surface area contributed by atoms with E-state index in [0.717, 1.165) is 17.8 Å². The SMILES string of the molecule is CCOc1cc(/C=N\n2c(CCc3ccccc3)n[nH]c2=S)cc(Cl)c1OCC. The lowest BCUT2D eigenvalue weighted by atomic mass is 10.1. The van der Waals surface area contributed by atoms with E-state index in [2.05, 4.69) is 27.4 Å². The number of hydrogen-bond acceptors (Lipinski definition) is 5. The van der Waals surface area contributed by atoms with E-state index in [9.17, 15) is 0 Å². The molecule has 0 bridgehead atoms. The molecule has 0 fully saturated rings. The first-order valence-electron chi connectivity index (χ1n) is 9.46. The molecule has 0 unspecified atom stereocenters. The zero-order valence-corrected chi connectivity index (χ0v) is 18.0. The topological polar surface area (TPSA) is 64.4 Å².